The van der Waals surface area contributed by atoms with Crippen LogP contribution in [0.15, 0.2) is 72.8 Å². The standard InChI is InChI=1S/C34H44N4O5/c39-31(35-18-22-43-28-12-5-2-6-13-28)25-38-19-14-29-27(24-38)11-7-8-15-34(16-20-42-21-17-34)33(41)37-30(32(40)36-29)23-26-9-3-1-4-10-26/h1-10,12-13,27,29-30H,11,14-25H2,(H,35,39)(H,36,40)(H,37,41)/b8-7+/t27-,29+,30+/m1/s1. The van der Waals surface area contributed by atoms with Crippen LogP contribution in [0.2, 0.25) is 0 Å². The fraction of sp³-hybridized carbons (Fsp3) is 0.500. The number of ether oxygens (including phenoxy) is 2. The number of nitrogens with one attached hydrogen (secondary N) is 3. The summed E-state index contributed by atoms with van der Waals surface area (Å²) in [6.07, 6.45) is 8.11. The molecule has 43 heavy (non-hydrogen) atoms. The molecule has 3 atom stereocenters. The Morgan fingerprint density at radius 1 is 1.00 bits per heavy atom. The lowest BCUT2D eigenvalue weighted by Crippen LogP contribution is -2.58. The molecule has 0 aliphatic carbocycles. The Kier molecular flexibility index (Phi) is 10.8. The maximum atomic E-state index is 13.8. The number of benzene rings is 2. The number of nitrogens with zero attached hydrogens (tertiary/aromatic N) is 1. The maximum Gasteiger partial charge on any atom is 0.243 e. The highest BCUT2D eigenvalue weighted by atomic mass is 16.5. The lowest BCUT2D eigenvalue weighted by atomic mass is 9.75. The van der Waals surface area contributed by atoms with Gasteiger partial charge in [-0.05, 0) is 55.7 Å². The van der Waals surface area contributed by atoms with Crippen molar-refractivity contribution in [2.75, 3.05) is 46.0 Å². The molecule has 0 bridgehead atoms. The van der Waals surface area contributed by atoms with Crippen molar-refractivity contribution >= 4 is 17.7 Å². The number of fused-ring (bicyclic) bond motifs is 1. The molecule has 5 rings (SSSR count). The molecule has 3 heterocycles. The van der Waals surface area contributed by atoms with Crippen LogP contribution in [-0.4, -0.2) is 80.7 Å². The second-order valence-electron chi connectivity index (χ2n) is 11.9. The van der Waals surface area contributed by atoms with Crippen LogP contribution in [0.5, 0.6) is 5.75 Å². The van der Waals surface area contributed by atoms with E-state index >= 15 is 0 Å². The summed E-state index contributed by atoms with van der Waals surface area (Å²) >= 11 is 0. The minimum Gasteiger partial charge on any atom is -0.492 e. The molecule has 9 heteroatoms. The smallest absolute Gasteiger partial charge is 0.243 e. The normalized spacial score (nSPS) is 25.3. The number of carbonyl (C=O) groups excluding carboxylic acids is 3. The van der Waals surface area contributed by atoms with Crippen molar-refractivity contribution < 1.29 is 23.9 Å². The van der Waals surface area contributed by atoms with E-state index < -0.39 is 11.5 Å². The first-order chi connectivity index (χ1) is 21.0. The molecule has 9 nitrogen and oxygen atoms in total. The molecule has 0 unspecified atom stereocenters. The molecule has 0 aromatic heterocycles. The van der Waals surface area contributed by atoms with E-state index in [2.05, 4.69) is 33.0 Å². The predicted octanol–water partition coefficient (Wildman–Crippen LogP) is 2.86. The van der Waals surface area contributed by atoms with Gasteiger partial charge in [-0.15, -0.1) is 0 Å². The summed E-state index contributed by atoms with van der Waals surface area (Å²) in [4.78, 5) is 42.4. The highest BCUT2D eigenvalue weighted by molar-refractivity contribution is 5.90. The van der Waals surface area contributed by atoms with E-state index in [0.717, 1.165) is 24.2 Å². The van der Waals surface area contributed by atoms with Crippen LogP contribution < -0.4 is 20.7 Å². The third-order valence-electron chi connectivity index (χ3n) is 8.90. The van der Waals surface area contributed by atoms with Gasteiger partial charge in [0.15, 0.2) is 0 Å². The van der Waals surface area contributed by atoms with Crippen LogP contribution in [0.25, 0.3) is 0 Å². The molecular weight excluding hydrogens is 544 g/mol. The third kappa shape index (κ3) is 8.67. The number of likely N-dealkylation sites (tertiary alicyclic amines) is 1. The predicted molar refractivity (Wildman–Crippen MR) is 164 cm³/mol. The van der Waals surface area contributed by atoms with E-state index in [4.69, 9.17) is 9.47 Å². The Balaban J connectivity index is 1.22. The first-order valence-electron chi connectivity index (χ1n) is 15.6. The molecule has 3 amide bonds. The summed E-state index contributed by atoms with van der Waals surface area (Å²) in [6.45, 7) is 3.64. The van der Waals surface area contributed by atoms with Gasteiger partial charge in [0.25, 0.3) is 0 Å². The second-order valence-corrected chi connectivity index (χ2v) is 11.9. The largest absolute Gasteiger partial charge is 0.492 e. The first-order valence-corrected chi connectivity index (χ1v) is 15.6. The summed E-state index contributed by atoms with van der Waals surface area (Å²) in [7, 11) is 0. The van der Waals surface area contributed by atoms with Crippen molar-refractivity contribution in [3.8, 4) is 5.75 Å². The summed E-state index contributed by atoms with van der Waals surface area (Å²) in [6, 6.07) is 18.7. The molecule has 2 saturated heterocycles. The lowest BCUT2D eigenvalue weighted by molar-refractivity contribution is -0.140. The van der Waals surface area contributed by atoms with Gasteiger partial charge in [0.2, 0.25) is 17.7 Å². The molecule has 3 aliphatic heterocycles. The molecule has 0 radical (unpaired) electrons. The van der Waals surface area contributed by atoms with E-state index in [9.17, 15) is 14.4 Å². The van der Waals surface area contributed by atoms with Crippen molar-refractivity contribution in [2.24, 2.45) is 11.3 Å². The number of piperidine rings is 1. The van der Waals surface area contributed by atoms with Crippen molar-refractivity contribution in [1.29, 1.82) is 0 Å². The fourth-order valence-electron chi connectivity index (χ4n) is 6.33. The topological polar surface area (TPSA) is 109 Å². The van der Waals surface area contributed by atoms with Crippen molar-refractivity contribution in [2.45, 2.75) is 50.6 Å². The van der Waals surface area contributed by atoms with Gasteiger partial charge in [0.1, 0.15) is 18.4 Å². The van der Waals surface area contributed by atoms with Crippen LogP contribution in [0.1, 0.15) is 37.7 Å². The number of carbonyl (C=O) groups is 3. The van der Waals surface area contributed by atoms with Crippen LogP contribution in [0, 0.1) is 11.3 Å². The number of hydrogen-bond acceptors (Lipinski definition) is 6. The van der Waals surface area contributed by atoms with Gasteiger partial charge >= 0.3 is 0 Å². The zero-order valence-corrected chi connectivity index (χ0v) is 24.8. The van der Waals surface area contributed by atoms with Gasteiger partial charge in [-0.1, -0.05) is 60.7 Å². The van der Waals surface area contributed by atoms with E-state index in [1.165, 1.54) is 0 Å². The van der Waals surface area contributed by atoms with E-state index in [0.29, 0.717) is 71.7 Å². The van der Waals surface area contributed by atoms with E-state index in [1.54, 1.807) is 0 Å². The van der Waals surface area contributed by atoms with Crippen molar-refractivity contribution in [3.05, 3.63) is 78.4 Å². The summed E-state index contributed by atoms with van der Waals surface area (Å²) in [5, 5.41) is 9.40. The number of hydrogen-bond donors (Lipinski definition) is 3. The lowest BCUT2D eigenvalue weighted by Gasteiger charge is -2.40. The maximum absolute atomic E-state index is 13.8. The van der Waals surface area contributed by atoms with Crippen LogP contribution in [-0.2, 0) is 25.5 Å². The molecule has 3 N–H and O–H groups in total. The Hall–Kier alpha value is -3.69. The SMILES string of the molecule is O=C(CN1CC[C@@H]2NC(=O)[C@H](Cc3ccccc3)NC(=O)C3(C/C=C/C[C@@H]2C1)CCOCC3)NCCOc1ccccc1. The summed E-state index contributed by atoms with van der Waals surface area (Å²) < 4.78 is 11.3. The average Bonchev–Trinajstić information content (AvgIpc) is 3.03. The Morgan fingerprint density at radius 3 is 2.51 bits per heavy atom. The molecule has 2 aromatic carbocycles. The van der Waals surface area contributed by atoms with E-state index in [-0.39, 0.29) is 29.7 Å². The Labute approximate surface area is 254 Å². The van der Waals surface area contributed by atoms with Gasteiger partial charge in [-0.3, -0.25) is 19.3 Å². The number of allylic oxidation sites excluding steroid dienone is 2. The fourth-order valence-corrected chi connectivity index (χ4v) is 6.33. The van der Waals surface area contributed by atoms with Crippen LogP contribution >= 0.6 is 0 Å². The molecule has 1 spiro atoms. The van der Waals surface area contributed by atoms with Gasteiger partial charge in [-0.2, -0.15) is 0 Å². The van der Waals surface area contributed by atoms with Crippen molar-refractivity contribution in [3.63, 3.8) is 0 Å². The van der Waals surface area contributed by atoms with Gasteiger partial charge in [-0.25, -0.2) is 0 Å². The summed E-state index contributed by atoms with van der Waals surface area (Å²) in [5.74, 6) is 0.688. The number of para-hydroxylation sites is 1. The van der Waals surface area contributed by atoms with E-state index in [1.807, 2.05) is 60.7 Å². The summed E-state index contributed by atoms with van der Waals surface area (Å²) in [5.41, 5.74) is 0.422. The second kappa shape index (κ2) is 15.2. The van der Waals surface area contributed by atoms with Crippen molar-refractivity contribution in [1.82, 2.24) is 20.9 Å². The molecule has 2 aromatic rings. The van der Waals surface area contributed by atoms with Crippen LogP contribution in [0.3, 0.4) is 0 Å². The highest BCUT2D eigenvalue weighted by Gasteiger charge is 2.41. The minimum absolute atomic E-state index is 0.0325. The monoisotopic (exact) mass is 588 g/mol. The number of amides is 3. The molecule has 0 saturated carbocycles. The van der Waals surface area contributed by atoms with Gasteiger partial charge in [0.05, 0.1) is 18.5 Å². The Bertz CT molecular complexity index is 1230. The highest BCUT2D eigenvalue weighted by Crippen LogP contribution is 2.36. The quantitative estimate of drug-likeness (QED) is 0.323. The number of rotatable bonds is 8. The van der Waals surface area contributed by atoms with Crippen LogP contribution in [0.4, 0.5) is 0 Å². The minimum atomic E-state index is -0.666. The Morgan fingerprint density at radius 2 is 1.74 bits per heavy atom. The van der Waals surface area contributed by atoms with Gasteiger partial charge in [0, 0.05) is 38.8 Å². The zero-order valence-electron chi connectivity index (χ0n) is 24.8. The third-order valence-corrected chi connectivity index (χ3v) is 8.90. The average molecular weight is 589 g/mol. The molecule has 3 aliphatic rings. The molecular formula is C34H44N4O5. The first kappa shape index (κ1) is 30.8. The molecule has 230 valence electrons. The zero-order chi connectivity index (χ0) is 29.9. The molecule has 2 fully saturated rings. The van der Waals surface area contributed by atoms with Gasteiger partial charge < -0.3 is 25.4 Å².